The van der Waals surface area contributed by atoms with Gasteiger partial charge in [0.1, 0.15) is 36.2 Å². The molecule has 0 radical (unpaired) electrons. The second-order valence-corrected chi connectivity index (χ2v) is 14.5. The summed E-state index contributed by atoms with van der Waals surface area (Å²) in [5.74, 6) is 2.20. The lowest BCUT2D eigenvalue weighted by Crippen LogP contribution is -2.27. The van der Waals surface area contributed by atoms with E-state index in [0.717, 1.165) is 64.3 Å². The van der Waals surface area contributed by atoms with Gasteiger partial charge in [-0.05, 0) is 105 Å². The van der Waals surface area contributed by atoms with Gasteiger partial charge in [-0.15, -0.1) is 0 Å². The number of hydrogen-bond donors (Lipinski definition) is 3. The summed E-state index contributed by atoms with van der Waals surface area (Å²) in [6.07, 6.45) is 9.08. The average Bonchev–Trinajstić information content (AvgIpc) is 3.22. The van der Waals surface area contributed by atoms with Gasteiger partial charge < -0.3 is 14.0 Å². The Morgan fingerprint density at radius 2 is 1.74 bits per heavy atom. The van der Waals surface area contributed by atoms with Crippen LogP contribution in [0, 0.1) is 0 Å². The van der Waals surface area contributed by atoms with E-state index in [2.05, 4.69) is 48.1 Å². The Bertz CT molecular complexity index is 2000. The van der Waals surface area contributed by atoms with Gasteiger partial charge in [-0.25, -0.2) is 4.57 Å². The first kappa shape index (κ1) is 32.0. The Hall–Kier alpha value is -3.99. The SMILES string of the molecule is CC[N+]1=C(/C=C/C2=C3Oc4cc(OCc5ccc(OP(=O)(O)O)cc5)ccc4C=C3CCC2)C(C)(C)c2cc(S(=O)(=O)O)ccc21. The summed E-state index contributed by atoms with van der Waals surface area (Å²) in [4.78, 5) is 17.8. The van der Waals surface area contributed by atoms with Crippen molar-refractivity contribution in [2.24, 2.45) is 0 Å². The lowest BCUT2D eigenvalue weighted by atomic mass is 9.81. The molecule has 0 atom stereocenters. The largest absolute Gasteiger partial charge is 0.524 e. The van der Waals surface area contributed by atoms with Crippen molar-refractivity contribution in [1.29, 1.82) is 0 Å². The van der Waals surface area contributed by atoms with Crippen molar-refractivity contribution < 1.29 is 45.9 Å². The number of allylic oxidation sites excluding steroid dienone is 4. The number of fused-ring (bicyclic) bond motifs is 3. The molecule has 0 saturated carbocycles. The third-order valence-corrected chi connectivity index (χ3v) is 9.77. The molecule has 0 aromatic heterocycles. The fourth-order valence-corrected chi connectivity index (χ4v) is 7.13. The Kier molecular flexibility index (Phi) is 8.33. The van der Waals surface area contributed by atoms with Crippen LogP contribution in [0.5, 0.6) is 17.2 Å². The normalized spacial score (nSPS) is 17.3. The van der Waals surface area contributed by atoms with Crippen molar-refractivity contribution in [3.05, 3.63) is 106 Å². The van der Waals surface area contributed by atoms with Gasteiger partial charge in [0.2, 0.25) is 5.69 Å². The van der Waals surface area contributed by atoms with Crippen LogP contribution in [-0.2, 0) is 26.7 Å². The number of ether oxygens (including phenoxy) is 2. The maximum atomic E-state index is 11.9. The molecule has 3 aliphatic rings. The molecule has 240 valence electrons. The zero-order chi connectivity index (χ0) is 32.9. The smallest absolute Gasteiger partial charge is 0.489 e. The average molecular weight is 665 g/mol. The molecule has 2 aliphatic heterocycles. The third kappa shape index (κ3) is 6.47. The molecule has 6 rings (SSSR count). The second kappa shape index (κ2) is 12.0. The van der Waals surface area contributed by atoms with Crippen LogP contribution in [0.4, 0.5) is 5.69 Å². The lowest BCUT2D eigenvalue weighted by Gasteiger charge is -2.27. The van der Waals surface area contributed by atoms with Crippen LogP contribution in [0.2, 0.25) is 0 Å². The molecule has 2 heterocycles. The van der Waals surface area contributed by atoms with Gasteiger partial charge in [-0.1, -0.05) is 12.1 Å². The molecular formula is C34H35NO9PS+. The van der Waals surface area contributed by atoms with Crippen molar-refractivity contribution >= 4 is 35.4 Å². The topological polar surface area (TPSA) is 143 Å². The molecule has 0 saturated heterocycles. The van der Waals surface area contributed by atoms with E-state index < -0.39 is 23.4 Å². The van der Waals surface area contributed by atoms with Crippen molar-refractivity contribution in [3.8, 4) is 17.2 Å². The Labute approximate surface area is 268 Å². The first-order valence-corrected chi connectivity index (χ1v) is 17.9. The quantitative estimate of drug-likeness (QED) is 0.127. The van der Waals surface area contributed by atoms with Crippen molar-refractivity contribution in [2.75, 3.05) is 6.54 Å². The van der Waals surface area contributed by atoms with Crippen molar-refractivity contribution in [2.45, 2.75) is 57.0 Å². The Morgan fingerprint density at radius 3 is 2.43 bits per heavy atom. The van der Waals surface area contributed by atoms with E-state index in [1.807, 2.05) is 18.2 Å². The van der Waals surface area contributed by atoms with Crippen molar-refractivity contribution in [3.63, 3.8) is 0 Å². The van der Waals surface area contributed by atoms with Crippen LogP contribution >= 0.6 is 7.82 Å². The van der Waals surface area contributed by atoms with Crippen LogP contribution in [0.15, 0.2) is 94.6 Å². The van der Waals surface area contributed by atoms with E-state index >= 15 is 0 Å². The molecule has 46 heavy (non-hydrogen) atoms. The molecule has 3 aromatic carbocycles. The summed E-state index contributed by atoms with van der Waals surface area (Å²) < 4.78 is 63.7. The maximum absolute atomic E-state index is 11.9. The summed E-state index contributed by atoms with van der Waals surface area (Å²) in [6.45, 7) is 7.09. The van der Waals surface area contributed by atoms with Crippen LogP contribution in [0.3, 0.4) is 0 Å². The predicted octanol–water partition coefficient (Wildman–Crippen LogP) is 6.85. The van der Waals surface area contributed by atoms with Crippen LogP contribution < -0.4 is 14.0 Å². The summed E-state index contributed by atoms with van der Waals surface area (Å²) in [5, 5.41) is 0. The number of rotatable bonds is 9. The van der Waals surface area contributed by atoms with Gasteiger partial charge in [-0.2, -0.15) is 13.0 Å². The molecule has 0 unspecified atom stereocenters. The van der Waals surface area contributed by atoms with Gasteiger partial charge in [0.25, 0.3) is 10.1 Å². The van der Waals surface area contributed by atoms with E-state index in [0.29, 0.717) is 18.0 Å². The summed E-state index contributed by atoms with van der Waals surface area (Å²) in [6, 6.07) is 16.8. The molecule has 3 aromatic rings. The zero-order valence-corrected chi connectivity index (χ0v) is 27.3. The van der Waals surface area contributed by atoms with E-state index in [-0.39, 0.29) is 17.3 Å². The fraction of sp³-hybridized carbons (Fsp3) is 0.265. The van der Waals surface area contributed by atoms with Gasteiger partial charge in [0.05, 0.1) is 10.3 Å². The molecule has 0 amide bonds. The van der Waals surface area contributed by atoms with Gasteiger partial charge in [-0.3, -0.25) is 14.3 Å². The van der Waals surface area contributed by atoms with Gasteiger partial charge in [0, 0.05) is 29.3 Å². The summed E-state index contributed by atoms with van der Waals surface area (Å²) in [7, 11) is -8.94. The van der Waals surface area contributed by atoms with E-state index in [4.69, 9.17) is 19.3 Å². The Morgan fingerprint density at radius 1 is 1.00 bits per heavy atom. The number of benzene rings is 3. The standard InChI is InChI=1S/C34H34NO9PS/c1-4-35-30-16-15-28(46(39,40)41)20-29(30)34(2,3)32(35)17-11-23-6-5-7-25-18-24-10-14-27(19-31(24)43-33(23)25)42-21-22-8-12-26(13-9-22)44-45(36,37)38/h8-20H,4-7,21H2,1-3H3,(H2-,36,37,38,39,40,41)/p+1/b17-11+. The Balaban J connectivity index is 1.23. The van der Waals surface area contributed by atoms with E-state index in [1.165, 1.54) is 18.2 Å². The molecule has 0 bridgehead atoms. The minimum Gasteiger partial charge on any atom is -0.489 e. The lowest BCUT2D eigenvalue weighted by molar-refractivity contribution is -0.433. The molecule has 12 heteroatoms. The van der Waals surface area contributed by atoms with E-state index in [9.17, 15) is 17.5 Å². The van der Waals surface area contributed by atoms with Crippen LogP contribution in [0.1, 0.15) is 56.7 Å². The predicted molar refractivity (Wildman–Crippen MR) is 173 cm³/mol. The van der Waals surface area contributed by atoms with Crippen molar-refractivity contribution in [1.82, 2.24) is 0 Å². The summed E-state index contributed by atoms with van der Waals surface area (Å²) >= 11 is 0. The first-order valence-electron chi connectivity index (χ1n) is 14.9. The molecular weight excluding hydrogens is 629 g/mol. The second-order valence-electron chi connectivity index (χ2n) is 11.9. The molecule has 10 nitrogen and oxygen atoms in total. The van der Waals surface area contributed by atoms with E-state index in [1.54, 1.807) is 24.3 Å². The first-order chi connectivity index (χ1) is 21.7. The fourth-order valence-electron chi connectivity index (χ4n) is 6.23. The number of phosphoric ester groups is 1. The highest BCUT2D eigenvalue weighted by Crippen LogP contribution is 2.43. The molecule has 0 fully saturated rings. The number of hydrogen-bond acceptors (Lipinski definition) is 6. The molecule has 1 aliphatic carbocycles. The van der Waals surface area contributed by atoms with Crippen LogP contribution in [-0.4, -0.2) is 39.6 Å². The highest BCUT2D eigenvalue weighted by molar-refractivity contribution is 7.85. The number of nitrogens with zero attached hydrogens (tertiary/aromatic N) is 1. The number of phosphoric acid groups is 1. The third-order valence-electron chi connectivity index (χ3n) is 8.48. The van der Waals surface area contributed by atoms with Crippen LogP contribution in [0.25, 0.3) is 6.08 Å². The monoisotopic (exact) mass is 664 g/mol. The molecule has 3 N–H and O–H groups in total. The minimum atomic E-state index is -4.62. The highest BCUT2D eigenvalue weighted by atomic mass is 32.2. The maximum Gasteiger partial charge on any atom is 0.524 e. The minimum absolute atomic E-state index is 0.0700. The highest BCUT2D eigenvalue weighted by Gasteiger charge is 2.44. The van der Waals surface area contributed by atoms with Gasteiger partial charge >= 0.3 is 7.82 Å². The molecule has 0 spiro atoms. The summed E-state index contributed by atoms with van der Waals surface area (Å²) in [5.41, 5.74) is 6.24. The zero-order valence-electron chi connectivity index (χ0n) is 25.6. The van der Waals surface area contributed by atoms with Gasteiger partial charge in [0.15, 0.2) is 5.71 Å².